The van der Waals surface area contributed by atoms with Gasteiger partial charge in [0.25, 0.3) is 0 Å². The van der Waals surface area contributed by atoms with Crippen LogP contribution in [0.1, 0.15) is 62.1 Å². The Hall–Kier alpha value is -1.55. The van der Waals surface area contributed by atoms with Crippen molar-refractivity contribution in [2.75, 3.05) is 26.7 Å². The molecule has 0 saturated heterocycles. The minimum Gasteiger partial charge on any atom is -0.495 e. The standard InChI is InChI=1S/C25H34ClNO2/c1-4-27(5-2)17-9-16-25(28)21-12-7-6-10-19(21)11-8-13-22(25)20-14-15-23(26)24(18-20)29-3/h6-7,10,12,14-15,18,22,28H,4-5,8-9,11,13,16-17H2,1-3H3/t22-,25-/m0/s1. The van der Waals surface area contributed by atoms with Crippen molar-refractivity contribution in [2.45, 2.75) is 57.5 Å². The highest BCUT2D eigenvalue weighted by Crippen LogP contribution is 2.48. The maximum absolute atomic E-state index is 12.2. The largest absolute Gasteiger partial charge is 0.495 e. The van der Waals surface area contributed by atoms with E-state index in [0.717, 1.165) is 62.9 Å². The summed E-state index contributed by atoms with van der Waals surface area (Å²) in [5.41, 5.74) is 2.59. The summed E-state index contributed by atoms with van der Waals surface area (Å²) in [5.74, 6) is 0.696. The molecular formula is C25H34ClNO2. The number of aliphatic hydroxyl groups is 1. The summed E-state index contributed by atoms with van der Waals surface area (Å²) in [7, 11) is 1.64. The predicted molar refractivity (Wildman–Crippen MR) is 121 cm³/mol. The number of ether oxygens (including phenoxy) is 1. The summed E-state index contributed by atoms with van der Waals surface area (Å²) in [6, 6.07) is 14.4. The van der Waals surface area contributed by atoms with E-state index < -0.39 is 5.60 Å². The van der Waals surface area contributed by atoms with Crippen LogP contribution < -0.4 is 4.74 Å². The first-order valence-corrected chi connectivity index (χ1v) is 11.3. The van der Waals surface area contributed by atoms with Crippen molar-refractivity contribution in [1.82, 2.24) is 4.90 Å². The highest BCUT2D eigenvalue weighted by atomic mass is 35.5. The third-order valence-electron chi connectivity index (χ3n) is 6.50. The molecule has 0 bridgehead atoms. The van der Waals surface area contributed by atoms with Crippen molar-refractivity contribution in [2.24, 2.45) is 0 Å². The molecule has 1 N–H and O–H groups in total. The van der Waals surface area contributed by atoms with Crippen LogP contribution in [-0.2, 0) is 12.0 Å². The van der Waals surface area contributed by atoms with Gasteiger partial charge < -0.3 is 14.7 Å². The van der Waals surface area contributed by atoms with Gasteiger partial charge in [-0.2, -0.15) is 0 Å². The molecule has 1 aliphatic rings. The van der Waals surface area contributed by atoms with Gasteiger partial charge in [0.15, 0.2) is 0 Å². The molecular weight excluding hydrogens is 382 g/mol. The Morgan fingerprint density at radius 1 is 1.17 bits per heavy atom. The number of nitrogens with zero attached hydrogens (tertiary/aromatic N) is 1. The summed E-state index contributed by atoms with van der Waals surface area (Å²) in [6.45, 7) is 7.49. The van der Waals surface area contributed by atoms with E-state index in [1.54, 1.807) is 7.11 Å². The average molecular weight is 416 g/mol. The number of aryl methyl sites for hydroxylation is 1. The van der Waals surface area contributed by atoms with E-state index in [1.165, 1.54) is 5.56 Å². The molecule has 0 fully saturated rings. The Morgan fingerprint density at radius 3 is 2.66 bits per heavy atom. The number of halogens is 1. The molecule has 3 rings (SSSR count). The third-order valence-corrected chi connectivity index (χ3v) is 6.82. The molecule has 0 radical (unpaired) electrons. The van der Waals surface area contributed by atoms with E-state index in [1.807, 2.05) is 12.1 Å². The first-order chi connectivity index (χ1) is 14.0. The summed E-state index contributed by atoms with van der Waals surface area (Å²) in [5, 5.41) is 12.8. The van der Waals surface area contributed by atoms with Crippen LogP contribution in [0.3, 0.4) is 0 Å². The molecule has 0 spiro atoms. The summed E-state index contributed by atoms with van der Waals surface area (Å²) < 4.78 is 5.47. The Morgan fingerprint density at radius 2 is 1.93 bits per heavy atom. The van der Waals surface area contributed by atoms with Crippen LogP contribution in [0.4, 0.5) is 0 Å². The summed E-state index contributed by atoms with van der Waals surface area (Å²) >= 11 is 6.28. The fourth-order valence-corrected chi connectivity index (χ4v) is 5.03. The molecule has 2 aromatic carbocycles. The smallest absolute Gasteiger partial charge is 0.137 e. The van der Waals surface area contributed by atoms with Crippen LogP contribution in [0, 0.1) is 0 Å². The summed E-state index contributed by atoms with van der Waals surface area (Å²) in [6.07, 6.45) is 4.73. The number of hydrogen-bond donors (Lipinski definition) is 1. The number of methoxy groups -OCH3 is 1. The zero-order chi connectivity index (χ0) is 20.9. The lowest BCUT2D eigenvalue weighted by Crippen LogP contribution is -2.35. The lowest BCUT2D eigenvalue weighted by atomic mass is 9.73. The molecule has 0 amide bonds. The van der Waals surface area contributed by atoms with Gasteiger partial charge in [0, 0.05) is 5.92 Å². The SMILES string of the molecule is CCN(CC)CCC[C@]1(O)c2ccccc2CCC[C@H]1c1ccc(Cl)c(OC)c1. The van der Waals surface area contributed by atoms with Gasteiger partial charge >= 0.3 is 0 Å². The second kappa shape index (κ2) is 9.97. The molecule has 2 aromatic rings. The zero-order valence-electron chi connectivity index (χ0n) is 18.0. The van der Waals surface area contributed by atoms with Gasteiger partial charge in [-0.15, -0.1) is 0 Å². The van der Waals surface area contributed by atoms with Gasteiger partial charge in [-0.1, -0.05) is 55.8 Å². The van der Waals surface area contributed by atoms with E-state index >= 15 is 0 Å². The monoisotopic (exact) mass is 415 g/mol. The molecule has 29 heavy (non-hydrogen) atoms. The molecule has 2 atom stereocenters. The lowest BCUT2D eigenvalue weighted by molar-refractivity contribution is -0.00674. The molecule has 0 aromatic heterocycles. The van der Waals surface area contributed by atoms with E-state index in [0.29, 0.717) is 10.8 Å². The molecule has 3 nitrogen and oxygen atoms in total. The quantitative estimate of drug-likeness (QED) is 0.555. The normalized spacial score (nSPS) is 21.7. The number of fused-ring (bicyclic) bond motifs is 1. The van der Waals surface area contributed by atoms with Crippen molar-refractivity contribution >= 4 is 11.6 Å². The maximum Gasteiger partial charge on any atom is 0.137 e. The van der Waals surface area contributed by atoms with Crippen LogP contribution in [0.25, 0.3) is 0 Å². The highest BCUT2D eigenvalue weighted by Gasteiger charge is 2.41. The van der Waals surface area contributed by atoms with E-state index in [-0.39, 0.29) is 5.92 Å². The van der Waals surface area contributed by atoms with Crippen molar-refractivity contribution in [3.8, 4) is 5.75 Å². The average Bonchev–Trinajstić information content (AvgIpc) is 2.89. The van der Waals surface area contributed by atoms with Crippen molar-refractivity contribution < 1.29 is 9.84 Å². The second-order valence-electron chi connectivity index (χ2n) is 8.05. The molecule has 0 unspecified atom stereocenters. The Balaban J connectivity index is 1.98. The van der Waals surface area contributed by atoms with E-state index in [9.17, 15) is 5.11 Å². The fraction of sp³-hybridized carbons (Fsp3) is 0.520. The van der Waals surface area contributed by atoms with Gasteiger partial charge in [-0.25, -0.2) is 0 Å². The molecule has 0 saturated carbocycles. The number of hydrogen-bond acceptors (Lipinski definition) is 3. The maximum atomic E-state index is 12.2. The molecule has 0 heterocycles. The first-order valence-electron chi connectivity index (χ1n) is 10.9. The third kappa shape index (κ3) is 4.79. The number of rotatable bonds is 8. The number of benzene rings is 2. The van der Waals surface area contributed by atoms with E-state index in [4.69, 9.17) is 16.3 Å². The Kier molecular flexibility index (Phi) is 7.61. The van der Waals surface area contributed by atoms with Gasteiger partial charge in [-0.05, 0) is 80.6 Å². The van der Waals surface area contributed by atoms with Crippen molar-refractivity contribution in [3.05, 3.63) is 64.2 Å². The Bertz CT molecular complexity index is 805. The van der Waals surface area contributed by atoms with Crippen molar-refractivity contribution in [3.63, 3.8) is 0 Å². The van der Waals surface area contributed by atoms with Gasteiger partial charge in [0.1, 0.15) is 5.75 Å². The van der Waals surface area contributed by atoms with Crippen LogP contribution in [0.2, 0.25) is 5.02 Å². The highest BCUT2D eigenvalue weighted by molar-refractivity contribution is 6.32. The molecule has 0 aliphatic heterocycles. The Labute approximate surface area is 180 Å². The first kappa shape index (κ1) is 22.1. The van der Waals surface area contributed by atoms with Crippen LogP contribution >= 0.6 is 11.6 Å². The van der Waals surface area contributed by atoms with Gasteiger partial charge in [-0.3, -0.25) is 0 Å². The summed E-state index contributed by atoms with van der Waals surface area (Å²) in [4.78, 5) is 2.42. The van der Waals surface area contributed by atoms with Crippen LogP contribution in [-0.4, -0.2) is 36.8 Å². The fourth-order valence-electron chi connectivity index (χ4n) is 4.84. The zero-order valence-corrected chi connectivity index (χ0v) is 18.7. The molecule has 4 heteroatoms. The van der Waals surface area contributed by atoms with Crippen molar-refractivity contribution in [1.29, 1.82) is 0 Å². The minimum absolute atomic E-state index is 0.0222. The van der Waals surface area contributed by atoms with E-state index in [2.05, 4.69) is 49.1 Å². The molecule has 1 aliphatic carbocycles. The van der Waals surface area contributed by atoms with Crippen LogP contribution in [0.5, 0.6) is 5.75 Å². The topological polar surface area (TPSA) is 32.7 Å². The van der Waals surface area contributed by atoms with Gasteiger partial charge in [0.05, 0.1) is 17.7 Å². The predicted octanol–water partition coefficient (Wildman–Crippen LogP) is 5.78. The van der Waals surface area contributed by atoms with Gasteiger partial charge in [0.2, 0.25) is 0 Å². The second-order valence-corrected chi connectivity index (χ2v) is 8.46. The molecule has 158 valence electrons. The lowest BCUT2D eigenvalue weighted by Gasteiger charge is -2.38. The minimum atomic E-state index is -0.890. The van der Waals surface area contributed by atoms with Crippen LogP contribution in [0.15, 0.2) is 42.5 Å².